The molecule has 2 atom stereocenters. The van der Waals surface area contributed by atoms with Crippen LogP contribution in [0.15, 0.2) is 0 Å². The Balaban J connectivity index is 0.000000234. The summed E-state index contributed by atoms with van der Waals surface area (Å²) in [6, 6.07) is 0. The van der Waals surface area contributed by atoms with Gasteiger partial charge >= 0.3 is 0 Å². The Morgan fingerprint density at radius 3 is 0.714 bits per heavy atom. The maximum atomic E-state index is 2.39. The zero-order valence-corrected chi connectivity index (χ0v) is 41.6. The fraction of sp³-hybridized carbons (Fsp3) is 1.00. The number of fused-ring (bicyclic) bond motifs is 2. The molecular weight excluding hydrogens is 673 g/mol. The lowest BCUT2D eigenvalue weighted by atomic mass is 9.65. The molecule has 0 aromatic heterocycles. The number of hydrogen-bond acceptors (Lipinski definition) is 0. The molecule has 7 saturated carbocycles. The zero-order valence-electron chi connectivity index (χ0n) is 41.6. The van der Waals surface area contributed by atoms with Crippen molar-refractivity contribution in [3.05, 3.63) is 0 Å². The summed E-state index contributed by atoms with van der Waals surface area (Å²) in [5, 5.41) is 0. The lowest BCUT2D eigenvalue weighted by Crippen LogP contribution is -2.27. The summed E-state index contributed by atoms with van der Waals surface area (Å²) in [6.07, 6.45) is 53.0. The lowest BCUT2D eigenvalue weighted by Gasteiger charge is -2.40. The Bertz CT molecular complexity index is 899. The van der Waals surface area contributed by atoms with Gasteiger partial charge in [-0.15, -0.1) is 0 Å². The Kier molecular flexibility index (Phi) is 24.5. The van der Waals surface area contributed by atoms with Crippen LogP contribution >= 0.6 is 0 Å². The maximum Gasteiger partial charge on any atom is -0.0272 e. The van der Waals surface area contributed by atoms with E-state index in [4.69, 9.17) is 0 Å². The molecule has 0 radical (unpaired) electrons. The number of hydrogen-bond donors (Lipinski definition) is 0. The van der Waals surface area contributed by atoms with Crippen molar-refractivity contribution in [1.82, 2.24) is 0 Å². The molecule has 7 aliphatic rings. The molecule has 0 heterocycles. The molecule has 56 heavy (non-hydrogen) atoms. The van der Waals surface area contributed by atoms with Crippen LogP contribution in [0.4, 0.5) is 0 Å². The third-order valence-electron chi connectivity index (χ3n) is 20.1. The van der Waals surface area contributed by atoms with Crippen molar-refractivity contribution in [2.75, 3.05) is 0 Å². The first kappa shape index (κ1) is 52.1. The monoisotopic (exact) mass is 783 g/mol. The van der Waals surface area contributed by atoms with E-state index < -0.39 is 0 Å². The Morgan fingerprint density at radius 2 is 0.554 bits per heavy atom. The number of rotatable bonds is 12. The summed E-state index contributed by atoms with van der Waals surface area (Å²) < 4.78 is 0. The summed E-state index contributed by atoms with van der Waals surface area (Å²) in [4.78, 5) is 0. The van der Waals surface area contributed by atoms with Gasteiger partial charge in [-0.1, -0.05) is 231 Å². The summed E-state index contributed by atoms with van der Waals surface area (Å²) in [7, 11) is 0. The normalized spacial score (nSPS) is 27.6. The topological polar surface area (TPSA) is 0 Å². The van der Waals surface area contributed by atoms with Crippen molar-refractivity contribution in [3.8, 4) is 0 Å². The first-order chi connectivity index (χ1) is 26.9. The van der Waals surface area contributed by atoms with Crippen LogP contribution in [0, 0.1) is 44.3 Å². The van der Waals surface area contributed by atoms with Crippen molar-refractivity contribution in [3.63, 3.8) is 0 Å². The SMILES string of the molecule is CCC1(CC)CC1.CCC1(CC)CC2CCC1C2.CCC1(CC)CCC1.CCC1(CC)CCCC1.CCC1(CC)CCCCC1.CCC1(CC)CCCCCC1. The summed E-state index contributed by atoms with van der Waals surface area (Å²) >= 11 is 0. The van der Waals surface area contributed by atoms with E-state index in [2.05, 4.69) is 83.1 Å². The van der Waals surface area contributed by atoms with E-state index in [9.17, 15) is 0 Å². The molecule has 2 bridgehead atoms. The van der Waals surface area contributed by atoms with Crippen molar-refractivity contribution < 1.29 is 0 Å². The highest BCUT2D eigenvalue weighted by molar-refractivity contribution is 4.99. The van der Waals surface area contributed by atoms with Gasteiger partial charge in [0, 0.05) is 0 Å². The van der Waals surface area contributed by atoms with Gasteiger partial charge in [-0.05, 0) is 128 Å². The Morgan fingerprint density at radius 1 is 0.286 bits per heavy atom. The highest BCUT2D eigenvalue weighted by Crippen LogP contribution is 2.59. The van der Waals surface area contributed by atoms with Crippen LogP contribution in [0.3, 0.4) is 0 Å². The minimum absolute atomic E-state index is 0.747. The molecule has 0 spiro atoms. The molecule has 0 aromatic rings. The van der Waals surface area contributed by atoms with Gasteiger partial charge in [-0.3, -0.25) is 0 Å². The molecule has 334 valence electrons. The molecule has 0 N–H and O–H groups in total. The highest BCUT2D eigenvalue weighted by Gasteiger charge is 2.48. The van der Waals surface area contributed by atoms with Gasteiger partial charge in [-0.25, -0.2) is 0 Å². The van der Waals surface area contributed by atoms with E-state index in [-0.39, 0.29) is 0 Å². The quantitative estimate of drug-likeness (QED) is 0.173. The zero-order chi connectivity index (χ0) is 41.6. The van der Waals surface area contributed by atoms with Crippen LogP contribution in [0.5, 0.6) is 0 Å². The molecule has 0 amide bonds. The van der Waals surface area contributed by atoms with Gasteiger partial charge < -0.3 is 0 Å². The van der Waals surface area contributed by atoms with E-state index in [1.807, 2.05) is 0 Å². The molecule has 0 saturated heterocycles. The van der Waals surface area contributed by atoms with E-state index >= 15 is 0 Å². The summed E-state index contributed by atoms with van der Waals surface area (Å²) in [6.45, 7) is 28.2. The fourth-order valence-corrected chi connectivity index (χ4v) is 13.2. The van der Waals surface area contributed by atoms with E-state index in [0.29, 0.717) is 0 Å². The van der Waals surface area contributed by atoms with E-state index in [0.717, 1.165) is 44.3 Å². The smallest absolute Gasteiger partial charge is 0.0272 e. The maximum absolute atomic E-state index is 2.39. The Hall–Kier alpha value is 0. The second-order valence-corrected chi connectivity index (χ2v) is 21.7. The van der Waals surface area contributed by atoms with Crippen molar-refractivity contribution in [2.45, 2.75) is 314 Å². The minimum atomic E-state index is 0.747. The Labute approximate surface area is 357 Å². The average molecular weight is 783 g/mol. The van der Waals surface area contributed by atoms with Gasteiger partial charge in [0.15, 0.2) is 0 Å². The van der Waals surface area contributed by atoms with Gasteiger partial charge in [0.1, 0.15) is 0 Å². The molecule has 7 rings (SSSR count). The second kappa shape index (κ2) is 26.4. The summed E-state index contributed by atoms with van der Waals surface area (Å²) in [5.41, 5.74) is 4.72. The summed E-state index contributed by atoms with van der Waals surface area (Å²) in [5.74, 6) is 2.24. The van der Waals surface area contributed by atoms with Crippen LogP contribution < -0.4 is 0 Å². The fourth-order valence-electron chi connectivity index (χ4n) is 13.2. The molecule has 0 nitrogen and oxygen atoms in total. The van der Waals surface area contributed by atoms with Crippen LogP contribution in [0.1, 0.15) is 314 Å². The molecular formula is C56H110. The predicted octanol–water partition coefficient (Wildman–Crippen LogP) is 20.4. The van der Waals surface area contributed by atoms with Crippen molar-refractivity contribution >= 4 is 0 Å². The van der Waals surface area contributed by atoms with E-state index in [1.165, 1.54) is 205 Å². The first-order valence-corrected chi connectivity index (χ1v) is 26.9. The average Bonchev–Trinajstić information content (AvgIpc) is 3.54. The van der Waals surface area contributed by atoms with Crippen LogP contribution in [-0.4, -0.2) is 0 Å². The van der Waals surface area contributed by atoms with Gasteiger partial charge in [0.25, 0.3) is 0 Å². The van der Waals surface area contributed by atoms with Crippen molar-refractivity contribution in [1.29, 1.82) is 0 Å². The van der Waals surface area contributed by atoms with Gasteiger partial charge in [0.2, 0.25) is 0 Å². The molecule has 7 aliphatic carbocycles. The molecule has 0 heteroatoms. The van der Waals surface area contributed by atoms with Crippen molar-refractivity contribution in [2.24, 2.45) is 44.3 Å². The van der Waals surface area contributed by atoms with E-state index in [1.54, 1.807) is 25.7 Å². The third kappa shape index (κ3) is 15.5. The van der Waals surface area contributed by atoms with Gasteiger partial charge in [-0.2, -0.15) is 0 Å². The lowest BCUT2D eigenvalue weighted by molar-refractivity contribution is 0.121. The first-order valence-electron chi connectivity index (χ1n) is 26.9. The van der Waals surface area contributed by atoms with Gasteiger partial charge in [0.05, 0.1) is 0 Å². The molecule has 2 unspecified atom stereocenters. The molecule has 7 fully saturated rings. The highest BCUT2D eigenvalue weighted by atomic mass is 14.5. The van der Waals surface area contributed by atoms with Crippen LogP contribution in [0.2, 0.25) is 0 Å². The van der Waals surface area contributed by atoms with Crippen LogP contribution in [0.25, 0.3) is 0 Å². The van der Waals surface area contributed by atoms with Crippen LogP contribution in [-0.2, 0) is 0 Å². The molecule has 0 aromatic carbocycles. The largest absolute Gasteiger partial charge is 0.0649 e. The predicted molar refractivity (Wildman–Crippen MR) is 256 cm³/mol. The minimum Gasteiger partial charge on any atom is -0.0649 e. The standard InChI is InChI=1S/C11H20.C11H22.C10H20.C9H18.C8H16.C7H14/c1-3-11(4-2)8-9-5-6-10(11)7-9;1-3-11(4-2)9-7-5-6-8-10-11;1-3-10(4-2)8-6-5-7-9-10;1-3-9(4-2)7-5-6-8-9;1-3-8(4-2)6-5-7-8;1-3-7(4-2)5-6-7/h9-10H,3-8H2,1-2H3;3-10H2,1-2H3;3-9H2,1-2H3;3-8H2,1-2H3;3-7H2,1-2H3;3-6H2,1-2H3. The molecule has 0 aliphatic heterocycles. The third-order valence-corrected chi connectivity index (χ3v) is 20.1. The second-order valence-electron chi connectivity index (χ2n) is 21.7.